The molecule has 214 valence electrons. The second-order valence-electron chi connectivity index (χ2n) is 10.4. The van der Waals surface area contributed by atoms with Gasteiger partial charge in [-0.1, -0.05) is 62.9 Å². The van der Waals surface area contributed by atoms with Gasteiger partial charge in [0.1, 0.15) is 23.8 Å². The molecular formula is C25H32ClN2O9PS. The number of rotatable bonds is 9. The number of phosphoric acid groups is 1. The number of nitrogens with zero attached hydrogens (tertiary/aromatic N) is 2. The van der Waals surface area contributed by atoms with Gasteiger partial charge in [-0.2, -0.15) is 0 Å². The van der Waals surface area contributed by atoms with E-state index in [0.29, 0.717) is 0 Å². The lowest BCUT2D eigenvalue weighted by atomic mass is 10.00. The summed E-state index contributed by atoms with van der Waals surface area (Å²) >= 11 is 7.93. The Morgan fingerprint density at radius 1 is 1.23 bits per heavy atom. The predicted molar refractivity (Wildman–Crippen MR) is 146 cm³/mol. The third kappa shape index (κ3) is 6.94. The van der Waals surface area contributed by atoms with Crippen LogP contribution in [0.2, 0.25) is 0 Å². The number of aromatic nitrogens is 2. The molecule has 11 nitrogen and oxygen atoms in total. The molecule has 3 heterocycles. The lowest BCUT2D eigenvalue weighted by Crippen LogP contribution is -2.47. The fourth-order valence-electron chi connectivity index (χ4n) is 4.07. The van der Waals surface area contributed by atoms with Crippen molar-refractivity contribution in [1.82, 2.24) is 9.13 Å². The Morgan fingerprint density at radius 3 is 2.64 bits per heavy atom. The van der Waals surface area contributed by atoms with Crippen molar-refractivity contribution in [2.24, 2.45) is 5.41 Å². The molecule has 2 fully saturated rings. The monoisotopic (exact) mass is 602 g/mol. The number of benzene rings is 1. The highest BCUT2D eigenvalue weighted by molar-refractivity contribution is 8.13. The Kier molecular flexibility index (Phi) is 9.29. The molecule has 2 aromatic rings. The van der Waals surface area contributed by atoms with Gasteiger partial charge in [0.25, 0.3) is 5.56 Å². The fourth-order valence-corrected chi connectivity index (χ4v) is 6.85. The molecule has 0 aliphatic carbocycles. The zero-order valence-electron chi connectivity index (χ0n) is 22.1. The van der Waals surface area contributed by atoms with Gasteiger partial charge in [0.15, 0.2) is 11.3 Å². The largest absolute Gasteiger partial charge is 0.475 e. The third-order valence-corrected chi connectivity index (χ3v) is 9.28. The van der Waals surface area contributed by atoms with Crippen LogP contribution in [0, 0.1) is 5.41 Å². The summed E-state index contributed by atoms with van der Waals surface area (Å²) in [5.41, 5.74) is -0.852. The van der Waals surface area contributed by atoms with Gasteiger partial charge in [-0.05, 0) is 12.5 Å². The van der Waals surface area contributed by atoms with Crippen LogP contribution in [0.1, 0.15) is 39.5 Å². The van der Waals surface area contributed by atoms with Crippen LogP contribution >= 0.6 is 31.2 Å². The summed E-state index contributed by atoms with van der Waals surface area (Å²) in [7, 11) is -4.01. The minimum Gasteiger partial charge on any atom is -0.356 e. The third-order valence-electron chi connectivity index (χ3n) is 6.18. The first-order valence-electron chi connectivity index (χ1n) is 12.3. The first kappa shape index (κ1) is 30.2. The van der Waals surface area contributed by atoms with E-state index in [1.165, 1.54) is 16.8 Å². The number of fused-ring (bicyclic) bond motifs is 1. The van der Waals surface area contributed by atoms with Crippen molar-refractivity contribution >= 4 is 36.3 Å². The smallest absolute Gasteiger partial charge is 0.356 e. The Balaban J connectivity index is 1.43. The lowest BCUT2D eigenvalue weighted by molar-refractivity contribution is -0.117. The van der Waals surface area contributed by atoms with Gasteiger partial charge in [0.2, 0.25) is 0 Å². The number of hydrogen-bond donors (Lipinski definition) is 0. The standard InChI is InChI=1S/C25H32ClN2O9PS/c1-24(2,3)22(30)39-13-12-34-38(32)35-15-18-20(37-38)25(4,26)21(36-18)27-11-10-19(29)28(23(27)31)16-33-14-17-8-6-5-7-9-17/h5-11,18,20-21H,12-16H2,1-4H3. The molecule has 0 bridgehead atoms. The van der Waals surface area contributed by atoms with E-state index in [1.54, 1.807) is 6.92 Å². The average Bonchev–Trinajstić information content (AvgIpc) is 3.13. The summed E-state index contributed by atoms with van der Waals surface area (Å²) in [6.45, 7) is 6.77. The van der Waals surface area contributed by atoms with Gasteiger partial charge in [0, 0.05) is 23.4 Å². The Bertz CT molecular complexity index is 1340. The molecule has 2 aliphatic heterocycles. The highest BCUT2D eigenvalue weighted by Gasteiger charge is 2.60. The molecule has 0 amide bonds. The molecule has 0 saturated carbocycles. The zero-order chi connectivity index (χ0) is 28.4. The maximum absolute atomic E-state index is 13.3. The van der Waals surface area contributed by atoms with Gasteiger partial charge < -0.3 is 9.47 Å². The maximum Gasteiger partial charge on any atom is 0.475 e. The molecule has 5 unspecified atom stereocenters. The average molecular weight is 603 g/mol. The second kappa shape index (κ2) is 12.0. The summed E-state index contributed by atoms with van der Waals surface area (Å²) in [5, 5.41) is -0.0208. The lowest BCUT2D eigenvalue weighted by Gasteiger charge is -2.34. The van der Waals surface area contributed by atoms with E-state index in [4.69, 9.17) is 34.6 Å². The van der Waals surface area contributed by atoms with Crippen LogP contribution in [0.25, 0.3) is 0 Å². The number of halogens is 1. The summed E-state index contributed by atoms with van der Waals surface area (Å²) in [6.07, 6.45) is -1.48. The number of ether oxygens (including phenoxy) is 2. The molecule has 39 heavy (non-hydrogen) atoms. The van der Waals surface area contributed by atoms with Crippen molar-refractivity contribution < 1.29 is 32.4 Å². The molecule has 1 aromatic heterocycles. The van der Waals surface area contributed by atoms with Crippen LogP contribution in [-0.4, -0.2) is 50.3 Å². The van der Waals surface area contributed by atoms with Crippen molar-refractivity contribution in [2.75, 3.05) is 19.0 Å². The van der Waals surface area contributed by atoms with E-state index < -0.39 is 47.8 Å². The SMILES string of the molecule is CC(C)(C)C(=O)SCCOP1(=O)OCC2OC(n3ccc(=O)n(COCc4ccccc4)c3=O)C(C)(Cl)C2O1. The Labute approximate surface area is 235 Å². The maximum atomic E-state index is 13.3. The highest BCUT2D eigenvalue weighted by Crippen LogP contribution is 2.60. The van der Waals surface area contributed by atoms with Crippen molar-refractivity contribution in [3.05, 3.63) is 69.0 Å². The molecule has 1 aromatic carbocycles. The van der Waals surface area contributed by atoms with Crippen LogP contribution in [-0.2, 0) is 45.7 Å². The van der Waals surface area contributed by atoms with E-state index >= 15 is 0 Å². The van der Waals surface area contributed by atoms with Crippen LogP contribution in [0.4, 0.5) is 0 Å². The van der Waals surface area contributed by atoms with Crippen molar-refractivity contribution in [1.29, 1.82) is 0 Å². The first-order chi connectivity index (χ1) is 18.3. The number of carbonyl (C=O) groups is 1. The molecule has 2 saturated heterocycles. The van der Waals surface area contributed by atoms with Crippen LogP contribution in [0.5, 0.6) is 0 Å². The van der Waals surface area contributed by atoms with Gasteiger partial charge in [0.05, 0.1) is 19.8 Å². The molecular weight excluding hydrogens is 571 g/mol. The van der Waals surface area contributed by atoms with Crippen molar-refractivity contribution in [3.8, 4) is 0 Å². The van der Waals surface area contributed by atoms with E-state index in [-0.39, 0.29) is 37.4 Å². The van der Waals surface area contributed by atoms with Gasteiger partial charge >= 0.3 is 13.5 Å². The quantitative estimate of drug-likeness (QED) is 0.237. The van der Waals surface area contributed by atoms with E-state index in [1.807, 2.05) is 51.1 Å². The van der Waals surface area contributed by atoms with Gasteiger partial charge in [-0.3, -0.25) is 27.7 Å². The summed E-state index contributed by atoms with van der Waals surface area (Å²) < 4.78 is 43.3. The topological polar surface area (TPSA) is 124 Å². The second-order valence-corrected chi connectivity index (χ2v) is 13.9. The van der Waals surface area contributed by atoms with E-state index in [2.05, 4.69) is 0 Å². The van der Waals surface area contributed by atoms with Crippen molar-refractivity contribution in [2.45, 2.75) is 64.3 Å². The molecule has 2 aliphatic rings. The molecule has 14 heteroatoms. The first-order valence-corrected chi connectivity index (χ1v) is 15.2. The van der Waals surface area contributed by atoms with Crippen LogP contribution in [0.3, 0.4) is 0 Å². The summed E-state index contributed by atoms with van der Waals surface area (Å²) in [5.74, 6) is 0.265. The predicted octanol–water partition coefficient (Wildman–Crippen LogP) is 3.93. The molecule has 0 N–H and O–H groups in total. The molecule has 0 radical (unpaired) electrons. The van der Waals surface area contributed by atoms with Crippen LogP contribution in [0.15, 0.2) is 52.2 Å². The highest BCUT2D eigenvalue weighted by atomic mass is 35.5. The van der Waals surface area contributed by atoms with Gasteiger partial charge in [-0.25, -0.2) is 13.9 Å². The number of alkyl halides is 1. The van der Waals surface area contributed by atoms with E-state index in [9.17, 15) is 18.9 Å². The summed E-state index contributed by atoms with van der Waals surface area (Å²) in [6, 6.07) is 10.6. The van der Waals surface area contributed by atoms with Crippen LogP contribution < -0.4 is 11.2 Å². The summed E-state index contributed by atoms with van der Waals surface area (Å²) in [4.78, 5) is 36.4. The molecule has 4 rings (SSSR count). The molecule has 0 spiro atoms. The zero-order valence-corrected chi connectivity index (χ0v) is 24.6. The number of thioether (sulfide) groups is 1. The number of carbonyl (C=O) groups excluding carboxylic acids is 1. The van der Waals surface area contributed by atoms with Crippen molar-refractivity contribution in [3.63, 3.8) is 0 Å². The van der Waals surface area contributed by atoms with E-state index in [0.717, 1.165) is 21.9 Å². The minimum atomic E-state index is -4.01. The van der Waals surface area contributed by atoms with Gasteiger partial charge in [-0.15, -0.1) is 11.6 Å². The minimum absolute atomic E-state index is 0.0208. The fraction of sp³-hybridized carbons (Fsp3) is 0.560. The Hall–Kier alpha value is -1.76. The number of hydrogen-bond acceptors (Lipinski definition) is 10. The normalized spacial score (nSPS) is 28.8. The molecule has 5 atom stereocenters. The number of phosphoric ester groups is 1. The Morgan fingerprint density at radius 2 is 1.95 bits per heavy atom.